The third kappa shape index (κ3) is 1.21. The van der Waals surface area contributed by atoms with E-state index < -0.39 is 0 Å². The number of pyridine rings is 1. The molecule has 0 radical (unpaired) electrons. The van der Waals surface area contributed by atoms with Gasteiger partial charge in [-0.2, -0.15) is 10.2 Å². The molecular weight excluding hydrogens is 226 g/mol. The van der Waals surface area contributed by atoms with Crippen LogP contribution in [0.15, 0.2) is 36.8 Å². The van der Waals surface area contributed by atoms with Gasteiger partial charge in [-0.3, -0.25) is 9.67 Å². The smallest absolute Gasteiger partial charge is 0.119 e. The molecular formula is C13H9N5. The molecule has 0 bridgehead atoms. The number of aromatic nitrogens is 5. The Balaban J connectivity index is 2.16. The Hall–Kier alpha value is -2.56. The zero-order valence-corrected chi connectivity index (χ0v) is 9.48. The summed E-state index contributed by atoms with van der Waals surface area (Å²) in [6.07, 6.45) is 9.42. The minimum absolute atomic E-state index is 0.736. The lowest BCUT2D eigenvalue weighted by atomic mass is 10.1. The first-order valence-corrected chi connectivity index (χ1v) is 5.72. The van der Waals surface area contributed by atoms with Crippen molar-refractivity contribution in [1.82, 2.24) is 25.0 Å². The number of allylic oxidation sites excluding steroid dienone is 1. The van der Waals surface area contributed by atoms with Crippen LogP contribution < -0.4 is 0 Å². The minimum Gasteiger partial charge on any atom is -0.264 e. The van der Waals surface area contributed by atoms with Gasteiger partial charge < -0.3 is 0 Å². The lowest BCUT2D eigenvalue weighted by Crippen LogP contribution is -2.00. The predicted molar refractivity (Wildman–Crippen MR) is 67.6 cm³/mol. The van der Waals surface area contributed by atoms with E-state index in [1.807, 2.05) is 23.0 Å². The van der Waals surface area contributed by atoms with Gasteiger partial charge in [0, 0.05) is 23.3 Å². The molecule has 1 aliphatic rings. The van der Waals surface area contributed by atoms with Crippen LogP contribution in [0.25, 0.3) is 28.4 Å². The first kappa shape index (κ1) is 9.47. The predicted octanol–water partition coefficient (Wildman–Crippen LogP) is 1.92. The highest BCUT2D eigenvalue weighted by Gasteiger charge is 2.18. The lowest BCUT2D eigenvalue weighted by Gasteiger charge is -2.03. The van der Waals surface area contributed by atoms with Crippen LogP contribution in [-0.4, -0.2) is 25.0 Å². The highest BCUT2D eigenvalue weighted by Crippen LogP contribution is 2.30. The molecule has 5 heteroatoms. The summed E-state index contributed by atoms with van der Waals surface area (Å²) >= 11 is 0. The average molecular weight is 235 g/mol. The van der Waals surface area contributed by atoms with Crippen LogP contribution in [0.1, 0.15) is 5.56 Å². The molecule has 1 aliphatic heterocycles. The molecule has 0 unspecified atom stereocenters. The summed E-state index contributed by atoms with van der Waals surface area (Å²) < 4.78 is 1.95. The van der Waals surface area contributed by atoms with Crippen LogP contribution in [0.3, 0.4) is 0 Å². The second kappa shape index (κ2) is 3.46. The van der Waals surface area contributed by atoms with Gasteiger partial charge in [-0.05, 0) is 12.1 Å². The largest absolute Gasteiger partial charge is 0.264 e. The van der Waals surface area contributed by atoms with Gasteiger partial charge in [0.1, 0.15) is 5.69 Å². The van der Waals surface area contributed by atoms with Crippen LogP contribution >= 0.6 is 0 Å². The Bertz CT molecular complexity index is 772. The summed E-state index contributed by atoms with van der Waals surface area (Å²) in [5.41, 5.74) is 3.86. The monoisotopic (exact) mass is 235 g/mol. The number of hydrogen-bond acceptors (Lipinski definition) is 4. The van der Waals surface area contributed by atoms with Crippen molar-refractivity contribution in [2.24, 2.45) is 0 Å². The maximum atomic E-state index is 4.57. The SMILES string of the molecule is C1=Cc2ccnnc2-c2c3cnccc3nn2C1. The van der Waals surface area contributed by atoms with Crippen molar-refractivity contribution in [3.05, 3.63) is 42.4 Å². The van der Waals surface area contributed by atoms with Crippen molar-refractivity contribution >= 4 is 17.0 Å². The van der Waals surface area contributed by atoms with E-state index in [0.29, 0.717) is 0 Å². The molecule has 0 aliphatic carbocycles. The molecule has 3 aromatic heterocycles. The second-order valence-electron chi connectivity index (χ2n) is 4.16. The Morgan fingerprint density at radius 2 is 2.17 bits per heavy atom. The van der Waals surface area contributed by atoms with E-state index in [0.717, 1.165) is 34.4 Å². The number of fused-ring (bicyclic) bond motifs is 5. The van der Waals surface area contributed by atoms with Gasteiger partial charge >= 0.3 is 0 Å². The van der Waals surface area contributed by atoms with Gasteiger partial charge in [-0.15, -0.1) is 5.10 Å². The van der Waals surface area contributed by atoms with Gasteiger partial charge in [-0.1, -0.05) is 12.2 Å². The van der Waals surface area contributed by atoms with Crippen LogP contribution in [0.2, 0.25) is 0 Å². The quantitative estimate of drug-likeness (QED) is 0.597. The van der Waals surface area contributed by atoms with E-state index in [1.165, 1.54) is 0 Å². The molecule has 0 aromatic carbocycles. The average Bonchev–Trinajstić information content (AvgIpc) is 2.68. The topological polar surface area (TPSA) is 56.5 Å². The maximum Gasteiger partial charge on any atom is 0.119 e. The molecule has 3 aromatic rings. The van der Waals surface area contributed by atoms with Crippen molar-refractivity contribution in [1.29, 1.82) is 0 Å². The zero-order valence-electron chi connectivity index (χ0n) is 9.48. The maximum absolute atomic E-state index is 4.57. The third-order valence-corrected chi connectivity index (χ3v) is 3.09. The lowest BCUT2D eigenvalue weighted by molar-refractivity contribution is 0.720. The molecule has 0 atom stereocenters. The summed E-state index contributed by atoms with van der Waals surface area (Å²) in [6, 6.07) is 3.88. The highest BCUT2D eigenvalue weighted by atomic mass is 15.3. The van der Waals surface area contributed by atoms with Gasteiger partial charge in [0.15, 0.2) is 0 Å². The van der Waals surface area contributed by atoms with E-state index >= 15 is 0 Å². The summed E-state index contributed by atoms with van der Waals surface area (Å²) in [7, 11) is 0. The number of rotatable bonds is 0. The first-order chi connectivity index (χ1) is 8.93. The number of nitrogens with zero attached hydrogens (tertiary/aromatic N) is 5. The summed E-state index contributed by atoms with van der Waals surface area (Å²) in [6.45, 7) is 0.736. The van der Waals surface area contributed by atoms with Crippen molar-refractivity contribution in [3.63, 3.8) is 0 Å². The molecule has 4 rings (SSSR count). The molecule has 4 heterocycles. The van der Waals surface area contributed by atoms with Crippen LogP contribution in [0.5, 0.6) is 0 Å². The molecule has 0 N–H and O–H groups in total. The van der Waals surface area contributed by atoms with Crippen molar-refractivity contribution < 1.29 is 0 Å². The van der Waals surface area contributed by atoms with Gasteiger partial charge in [0.25, 0.3) is 0 Å². The molecule has 0 saturated carbocycles. The Morgan fingerprint density at radius 1 is 1.17 bits per heavy atom. The van der Waals surface area contributed by atoms with Crippen LogP contribution in [0.4, 0.5) is 0 Å². The normalized spacial score (nSPS) is 13.1. The van der Waals surface area contributed by atoms with E-state index in [-0.39, 0.29) is 0 Å². The summed E-state index contributed by atoms with van der Waals surface area (Å²) in [4.78, 5) is 4.17. The summed E-state index contributed by atoms with van der Waals surface area (Å²) in [5, 5.41) is 13.8. The molecule has 0 fully saturated rings. The second-order valence-corrected chi connectivity index (χ2v) is 4.16. The van der Waals surface area contributed by atoms with Crippen LogP contribution in [-0.2, 0) is 6.54 Å². The van der Waals surface area contributed by atoms with Gasteiger partial charge in [0.05, 0.1) is 24.0 Å². The molecule has 5 nitrogen and oxygen atoms in total. The summed E-state index contributed by atoms with van der Waals surface area (Å²) in [5.74, 6) is 0. The number of hydrogen-bond donors (Lipinski definition) is 0. The first-order valence-electron chi connectivity index (χ1n) is 5.72. The van der Waals surface area contributed by atoms with E-state index in [4.69, 9.17) is 0 Å². The molecule has 86 valence electrons. The van der Waals surface area contributed by atoms with Crippen molar-refractivity contribution in [2.75, 3.05) is 0 Å². The fourth-order valence-corrected chi connectivity index (χ4v) is 2.30. The fraction of sp³-hybridized carbons (Fsp3) is 0.0769. The van der Waals surface area contributed by atoms with Crippen LogP contribution in [0, 0.1) is 0 Å². The Morgan fingerprint density at radius 3 is 3.17 bits per heavy atom. The van der Waals surface area contributed by atoms with Crippen molar-refractivity contribution in [3.8, 4) is 11.4 Å². The fourth-order valence-electron chi connectivity index (χ4n) is 2.30. The van der Waals surface area contributed by atoms with Gasteiger partial charge in [0.2, 0.25) is 0 Å². The molecule has 0 amide bonds. The molecule has 0 saturated heterocycles. The van der Waals surface area contributed by atoms with E-state index in [9.17, 15) is 0 Å². The van der Waals surface area contributed by atoms with E-state index in [1.54, 1.807) is 12.4 Å². The molecule has 18 heavy (non-hydrogen) atoms. The Labute approximate surface area is 103 Å². The van der Waals surface area contributed by atoms with E-state index in [2.05, 4.69) is 32.4 Å². The third-order valence-electron chi connectivity index (χ3n) is 3.09. The minimum atomic E-state index is 0.736. The molecule has 0 spiro atoms. The zero-order chi connectivity index (χ0) is 11.9. The van der Waals surface area contributed by atoms with Gasteiger partial charge in [-0.25, -0.2) is 0 Å². The Kier molecular flexibility index (Phi) is 1.82. The van der Waals surface area contributed by atoms with Crippen molar-refractivity contribution in [2.45, 2.75) is 6.54 Å². The highest BCUT2D eigenvalue weighted by molar-refractivity contribution is 5.93. The standard InChI is InChI=1S/C13H9N5/c1-2-9-3-6-15-16-12(9)13-10-8-14-5-4-11(10)17-18(13)7-1/h1-6,8H,7H2.